The van der Waals surface area contributed by atoms with Crippen LogP contribution in [0.15, 0.2) is 16.8 Å². The van der Waals surface area contributed by atoms with Crippen LogP contribution >= 0.6 is 0 Å². The molecule has 0 aromatic carbocycles. The number of rotatable bonds is 2. The Labute approximate surface area is 117 Å². The van der Waals surface area contributed by atoms with Crippen LogP contribution < -0.4 is 0 Å². The smallest absolute Gasteiger partial charge is 0.292 e. The Morgan fingerprint density at radius 2 is 2.10 bits per heavy atom. The van der Waals surface area contributed by atoms with Crippen LogP contribution in [0.25, 0.3) is 0 Å². The fourth-order valence-corrected chi connectivity index (χ4v) is 3.20. The van der Waals surface area contributed by atoms with Crippen molar-refractivity contribution in [2.24, 2.45) is 11.3 Å². The summed E-state index contributed by atoms with van der Waals surface area (Å²) >= 11 is 0. The molecule has 2 fully saturated rings. The van der Waals surface area contributed by atoms with Gasteiger partial charge in [0.05, 0.1) is 6.20 Å². The molecule has 1 aliphatic carbocycles. The van der Waals surface area contributed by atoms with Crippen molar-refractivity contribution in [3.63, 3.8) is 0 Å². The Morgan fingerprint density at radius 1 is 1.40 bits per heavy atom. The van der Waals surface area contributed by atoms with Gasteiger partial charge in [-0.2, -0.15) is 0 Å². The number of amides is 2. The third-order valence-corrected chi connectivity index (χ3v) is 4.62. The van der Waals surface area contributed by atoms with Crippen molar-refractivity contribution >= 4 is 11.8 Å². The third kappa shape index (κ3) is 2.09. The monoisotopic (exact) mass is 277 g/mol. The molecule has 0 unspecified atom stereocenters. The highest BCUT2D eigenvalue weighted by atomic mass is 16.5. The van der Waals surface area contributed by atoms with Gasteiger partial charge in [0.25, 0.3) is 5.91 Å². The lowest BCUT2D eigenvalue weighted by molar-refractivity contribution is -0.131. The molecule has 2 aliphatic rings. The van der Waals surface area contributed by atoms with E-state index in [0.717, 1.165) is 19.3 Å². The topological polar surface area (TPSA) is 66.7 Å². The van der Waals surface area contributed by atoms with Gasteiger partial charge in [0.1, 0.15) is 0 Å². The van der Waals surface area contributed by atoms with E-state index in [1.807, 2.05) is 0 Å². The summed E-state index contributed by atoms with van der Waals surface area (Å²) in [7, 11) is 3.60. The summed E-state index contributed by atoms with van der Waals surface area (Å²) in [6.07, 6.45) is 4.24. The average Bonchev–Trinajstić information content (AvgIpc) is 2.90. The molecule has 0 N–H and O–H groups in total. The molecular weight excluding hydrogens is 258 g/mol. The summed E-state index contributed by atoms with van der Waals surface area (Å²) in [5.74, 6) is 0.561. The Hall–Kier alpha value is -1.85. The zero-order valence-electron chi connectivity index (χ0n) is 11.8. The van der Waals surface area contributed by atoms with E-state index >= 15 is 0 Å². The molecule has 2 amide bonds. The van der Waals surface area contributed by atoms with Gasteiger partial charge in [0.2, 0.25) is 11.7 Å². The summed E-state index contributed by atoms with van der Waals surface area (Å²) in [5, 5.41) is 3.56. The number of nitrogens with zero attached hydrogens (tertiary/aromatic N) is 3. The largest absolute Gasteiger partial charge is 0.351 e. The summed E-state index contributed by atoms with van der Waals surface area (Å²) < 4.78 is 4.90. The van der Waals surface area contributed by atoms with Crippen LogP contribution in [-0.2, 0) is 4.79 Å². The Bertz CT molecular complexity index is 516. The van der Waals surface area contributed by atoms with Gasteiger partial charge >= 0.3 is 0 Å². The Kier molecular flexibility index (Phi) is 3.03. The van der Waals surface area contributed by atoms with Gasteiger partial charge < -0.3 is 14.3 Å². The van der Waals surface area contributed by atoms with E-state index in [-0.39, 0.29) is 28.9 Å². The van der Waals surface area contributed by atoms with Crippen LogP contribution in [0, 0.1) is 11.3 Å². The number of hydrogen-bond donors (Lipinski definition) is 0. The molecule has 1 aromatic heterocycles. The molecule has 6 nitrogen and oxygen atoms in total. The zero-order valence-corrected chi connectivity index (χ0v) is 11.8. The van der Waals surface area contributed by atoms with Gasteiger partial charge in [-0.3, -0.25) is 9.59 Å². The molecule has 108 valence electrons. The maximum Gasteiger partial charge on any atom is 0.292 e. The minimum Gasteiger partial charge on any atom is -0.351 e. The number of piperidine rings is 1. The lowest BCUT2D eigenvalue weighted by Gasteiger charge is -2.32. The van der Waals surface area contributed by atoms with E-state index in [0.29, 0.717) is 13.1 Å². The fraction of sp³-hybridized carbons (Fsp3) is 0.643. The highest BCUT2D eigenvalue weighted by Gasteiger charge is 2.59. The van der Waals surface area contributed by atoms with Crippen LogP contribution in [0.2, 0.25) is 0 Å². The minimum atomic E-state index is -0.103. The van der Waals surface area contributed by atoms with Crippen LogP contribution in [0.1, 0.15) is 29.8 Å². The molecule has 6 heteroatoms. The number of carbonyl (C=O) groups is 2. The average molecular weight is 277 g/mol. The van der Waals surface area contributed by atoms with Crippen molar-refractivity contribution in [2.45, 2.75) is 19.3 Å². The van der Waals surface area contributed by atoms with Crippen molar-refractivity contribution in [1.82, 2.24) is 15.0 Å². The summed E-state index contributed by atoms with van der Waals surface area (Å²) in [6, 6.07) is 1.59. The molecule has 2 heterocycles. The van der Waals surface area contributed by atoms with Crippen LogP contribution in [0.5, 0.6) is 0 Å². The van der Waals surface area contributed by atoms with Crippen LogP contribution in [0.4, 0.5) is 0 Å². The highest BCUT2D eigenvalue weighted by Crippen LogP contribution is 2.59. The number of likely N-dealkylation sites (tertiary alicyclic amines) is 1. The number of hydrogen-bond acceptors (Lipinski definition) is 4. The van der Waals surface area contributed by atoms with E-state index < -0.39 is 0 Å². The predicted molar refractivity (Wildman–Crippen MR) is 70.9 cm³/mol. The van der Waals surface area contributed by atoms with Gasteiger partial charge in [-0.15, -0.1) is 0 Å². The molecule has 1 spiro atoms. The minimum absolute atomic E-state index is 0.103. The van der Waals surface area contributed by atoms with E-state index in [9.17, 15) is 9.59 Å². The Balaban J connectivity index is 1.59. The molecule has 1 aliphatic heterocycles. The molecule has 0 bridgehead atoms. The van der Waals surface area contributed by atoms with Gasteiger partial charge in [-0.05, 0) is 24.7 Å². The van der Waals surface area contributed by atoms with E-state index in [2.05, 4.69) is 5.16 Å². The first-order valence-corrected chi connectivity index (χ1v) is 6.95. The van der Waals surface area contributed by atoms with Gasteiger partial charge in [-0.1, -0.05) is 5.16 Å². The predicted octanol–water partition coefficient (Wildman–Crippen LogP) is 1.01. The van der Waals surface area contributed by atoms with Gasteiger partial charge in [0, 0.05) is 39.2 Å². The van der Waals surface area contributed by atoms with Gasteiger partial charge in [0.15, 0.2) is 0 Å². The second kappa shape index (κ2) is 4.61. The molecule has 0 radical (unpaired) electrons. The van der Waals surface area contributed by atoms with Crippen LogP contribution in [0.3, 0.4) is 0 Å². The Morgan fingerprint density at radius 3 is 2.65 bits per heavy atom. The van der Waals surface area contributed by atoms with E-state index in [1.54, 1.807) is 30.0 Å². The molecule has 1 atom stereocenters. The molecule has 3 rings (SSSR count). The lowest BCUT2D eigenvalue weighted by atomic mass is 9.90. The zero-order chi connectivity index (χ0) is 14.3. The van der Waals surface area contributed by atoms with Gasteiger partial charge in [-0.25, -0.2) is 0 Å². The van der Waals surface area contributed by atoms with E-state index in [1.165, 1.54) is 6.20 Å². The summed E-state index contributed by atoms with van der Waals surface area (Å²) in [5.41, 5.74) is 0.138. The SMILES string of the molecule is CN(C)C(=O)[C@@H]1CC12CCN(C(=O)c1ccno1)CC2. The second-order valence-electron chi connectivity index (χ2n) is 6.02. The molecular formula is C14H19N3O3. The van der Waals surface area contributed by atoms with Crippen molar-refractivity contribution in [3.05, 3.63) is 18.0 Å². The van der Waals surface area contributed by atoms with Crippen molar-refractivity contribution in [1.29, 1.82) is 0 Å². The maximum atomic E-state index is 12.1. The molecule has 1 saturated heterocycles. The molecule has 1 aromatic rings. The van der Waals surface area contributed by atoms with Crippen molar-refractivity contribution in [3.8, 4) is 0 Å². The first-order valence-electron chi connectivity index (χ1n) is 6.95. The first-order chi connectivity index (χ1) is 9.53. The first kappa shape index (κ1) is 13.1. The summed E-state index contributed by atoms with van der Waals surface area (Å²) in [6.45, 7) is 1.38. The fourth-order valence-electron chi connectivity index (χ4n) is 3.20. The normalized spacial score (nSPS) is 23.7. The number of carbonyl (C=O) groups excluding carboxylic acids is 2. The van der Waals surface area contributed by atoms with Crippen molar-refractivity contribution < 1.29 is 14.1 Å². The van der Waals surface area contributed by atoms with Crippen molar-refractivity contribution in [2.75, 3.05) is 27.2 Å². The number of aromatic nitrogens is 1. The standard InChI is InChI=1S/C14H19N3O3/c1-16(2)12(18)10-9-14(10)4-7-17(8-5-14)13(19)11-3-6-15-20-11/h3,6,10H,4-5,7-9H2,1-2H3/t10-/m0/s1. The summed E-state index contributed by atoms with van der Waals surface area (Å²) in [4.78, 5) is 27.6. The second-order valence-corrected chi connectivity index (χ2v) is 6.02. The maximum absolute atomic E-state index is 12.1. The third-order valence-electron chi connectivity index (χ3n) is 4.62. The quantitative estimate of drug-likeness (QED) is 0.809. The van der Waals surface area contributed by atoms with Crippen LogP contribution in [-0.4, -0.2) is 54.0 Å². The highest BCUT2D eigenvalue weighted by molar-refractivity contribution is 5.91. The molecule has 1 saturated carbocycles. The lowest BCUT2D eigenvalue weighted by Crippen LogP contribution is -2.40. The molecule has 20 heavy (non-hydrogen) atoms. The van der Waals surface area contributed by atoms with E-state index in [4.69, 9.17) is 4.52 Å².